The maximum Gasteiger partial charge on any atom is 0.341 e. The van der Waals surface area contributed by atoms with E-state index in [2.05, 4.69) is 17.0 Å². The summed E-state index contributed by atoms with van der Waals surface area (Å²) in [5, 5.41) is 20.4. The molecular formula is C31H41NO5. The number of hydrogen-bond acceptors (Lipinski definition) is 5. The molecule has 6 nitrogen and oxygen atoms in total. The van der Waals surface area contributed by atoms with Gasteiger partial charge in [-0.05, 0) is 49.3 Å². The Morgan fingerprint density at radius 2 is 1.65 bits per heavy atom. The van der Waals surface area contributed by atoms with Crippen molar-refractivity contribution >= 4 is 17.6 Å². The van der Waals surface area contributed by atoms with E-state index in [4.69, 9.17) is 4.74 Å². The van der Waals surface area contributed by atoms with Crippen molar-refractivity contribution in [1.29, 1.82) is 0 Å². The van der Waals surface area contributed by atoms with E-state index in [1.165, 1.54) is 56.9 Å². The summed E-state index contributed by atoms with van der Waals surface area (Å²) in [7, 11) is 0. The number of carbonyl (C=O) groups is 2. The number of hydrogen-bond donors (Lipinski definition) is 2. The third-order valence-electron chi connectivity index (χ3n) is 8.30. The lowest BCUT2D eigenvalue weighted by Crippen LogP contribution is -2.37. The topological polar surface area (TPSA) is 87.1 Å². The summed E-state index contributed by atoms with van der Waals surface area (Å²) in [4.78, 5) is 26.4. The second kappa shape index (κ2) is 13.0. The summed E-state index contributed by atoms with van der Waals surface area (Å²) in [6.07, 6.45) is 11.6. The van der Waals surface area contributed by atoms with Crippen LogP contribution in [-0.4, -0.2) is 34.8 Å². The van der Waals surface area contributed by atoms with Gasteiger partial charge in [-0.25, -0.2) is 4.79 Å². The summed E-state index contributed by atoms with van der Waals surface area (Å²) in [6, 6.07) is 15.7. The first-order valence-corrected chi connectivity index (χ1v) is 14.0. The van der Waals surface area contributed by atoms with Crippen LogP contribution in [0.3, 0.4) is 0 Å². The average Bonchev–Trinajstić information content (AvgIpc) is 3.32. The Balaban J connectivity index is 1.73. The number of aliphatic carboxylic acids is 1. The number of phenols is 1. The van der Waals surface area contributed by atoms with E-state index < -0.39 is 11.9 Å². The van der Waals surface area contributed by atoms with Gasteiger partial charge in [-0.1, -0.05) is 81.7 Å². The number of nitrogens with zero attached hydrogens (tertiary/aromatic N) is 1. The summed E-state index contributed by atoms with van der Waals surface area (Å²) in [6.45, 7) is 1.98. The van der Waals surface area contributed by atoms with Gasteiger partial charge in [-0.2, -0.15) is 0 Å². The normalized spacial score (nSPS) is 23.2. The standard InChI is InChI=1S/C31H41NO5/c1-2-37-31(36)25-17-16-24(20-29(25)33)32-27(18-19-30(34)35)26(21-28(32)23-14-10-7-11-15-23)22-12-8-5-3-4-6-9-13-22/h7,10-11,14-17,20,22,26-28,33H,2-6,8-9,12-13,18-19,21H2,1H3,(H,34,35). The Labute approximate surface area is 220 Å². The van der Waals surface area contributed by atoms with Gasteiger partial charge in [0.15, 0.2) is 0 Å². The van der Waals surface area contributed by atoms with Crippen LogP contribution in [0, 0.1) is 11.8 Å². The van der Waals surface area contributed by atoms with Crippen molar-refractivity contribution in [1.82, 2.24) is 0 Å². The Morgan fingerprint density at radius 1 is 0.973 bits per heavy atom. The van der Waals surface area contributed by atoms with Gasteiger partial charge < -0.3 is 19.8 Å². The monoisotopic (exact) mass is 507 g/mol. The van der Waals surface area contributed by atoms with Crippen LogP contribution in [0.4, 0.5) is 5.69 Å². The summed E-state index contributed by atoms with van der Waals surface area (Å²) >= 11 is 0. The molecule has 1 aliphatic heterocycles. The molecule has 0 spiro atoms. The summed E-state index contributed by atoms with van der Waals surface area (Å²) in [5.41, 5.74) is 2.17. The predicted octanol–water partition coefficient (Wildman–Crippen LogP) is 7.12. The maximum absolute atomic E-state index is 12.3. The first-order chi connectivity index (χ1) is 18.0. The van der Waals surface area contributed by atoms with Crippen molar-refractivity contribution < 1.29 is 24.5 Å². The lowest BCUT2D eigenvalue weighted by atomic mass is 9.78. The molecule has 2 aromatic carbocycles. The molecule has 1 aliphatic carbocycles. The molecule has 4 rings (SSSR count). The largest absolute Gasteiger partial charge is 0.507 e. The fourth-order valence-electron chi connectivity index (χ4n) is 6.60. The van der Waals surface area contributed by atoms with Gasteiger partial charge >= 0.3 is 11.9 Å². The Hall–Kier alpha value is -3.02. The molecule has 6 heteroatoms. The van der Waals surface area contributed by atoms with Crippen LogP contribution in [0.2, 0.25) is 0 Å². The smallest absolute Gasteiger partial charge is 0.341 e. The van der Waals surface area contributed by atoms with Crippen molar-refractivity contribution in [3.8, 4) is 5.75 Å². The number of phenolic OH excluding ortho intramolecular Hbond substituents is 1. The number of carboxylic acids is 1. The van der Waals surface area contributed by atoms with Crippen molar-refractivity contribution in [3.63, 3.8) is 0 Å². The number of ether oxygens (including phenoxy) is 1. The van der Waals surface area contributed by atoms with E-state index in [1.54, 1.807) is 19.1 Å². The number of carbonyl (C=O) groups excluding carboxylic acids is 1. The van der Waals surface area contributed by atoms with Gasteiger partial charge in [0, 0.05) is 24.2 Å². The highest BCUT2D eigenvalue weighted by Gasteiger charge is 2.45. The molecule has 2 fully saturated rings. The first-order valence-electron chi connectivity index (χ1n) is 14.0. The predicted molar refractivity (Wildman–Crippen MR) is 145 cm³/mol. The van der Waals surface area contributed by atoms with Crippen LogP contribution in [0.15, 0.2) is 48.5 Å². The Bertz CT molecular complexity index is 1030. The zero-order chi connectivity index (χ0) is 26.2. The van der Waals surface area contributed by atoms with E-state index in [0.29, 0.717) is 18.3 Å². The lowest BCUT2D eigenvalue weighted by molar-refractivity contribution is -0.137. The summed E-state index contributed by atoms with van der Waals surface area (Å²) in [5.74, 6) is -0.504. The second-order valence-corrected chi connectivity index (χ2v) is 10.6. The second-order valence-electron chi connectivity index (χ2n) is 10.6. The van der Waals surface area contributed by atoms with Crippen LogP contribution >= 0.6 is 0 Å². The van der Waals surface area contributed by atoms with Crippen molar-refractivity contribution in [2.75, 3.05) is 11.5 Å². The number of benzene rings is 2. The molecule has 2 N–H and O–H groups in total. The van der Waals surface area contributed by atoms with E-state index in [0.717, 1.165) is 12.1 Å². The van der Waals surface area contributed by atoms with Crippen molar-refractivity contribution in [2.45, 2.75) is 89.6 Å². The van der Waals surface area contributed by atoms with Crippen LogP contribution in [0.1, 0.15) is 99.5 Å². The minimum Gasteiger partial charge on any atom is -0.507 e. The number of anilines is 1. The summed E-state index contributed by atoms with van der Waals surface area (Å²) < 4.78 is 5.10. The van der Waals surface area contributed by atoms with Gasteiger partial charge in [0.2, 0.25) is 0 Å². The molecule has 0 radical (unpaired) electrons. The van der Waals surface area contributed by atoms with E-state index in [9.17, 15) is 19.8 Å². The van der Waals surface area contributed by atoms with Crippen LogP contribution in [0.5, 0.6) is 5.75 Å². The molecule has 3 unspecified atom stereocenters. The maximum atomic E-state index is 12.3. The van der Waals surface area contributed by atoms with Gasteiger partial charge in [0.1, 0.15) is 11.3 Å². The van der Waals surface area contributed by atoms with E-state index >= 15 is 0 Å². The third-order valence-corrected chi connectivity index (χ3v) is 8.30. The molecule has 37 heavy (non-hydrogen) atoms. The molecule has 1 saturated heterocycles. The molecule has 3 atom stereocenters. The molecule has 1 heterocycles. The third kappa shape index (κ3) is 6.65. The zero-order valence-electron chi connectivity index (χ0n) is 22.0. The molecular weight excluding hydrogens is 466 g/mol. The molecule has 1 saturated carbocycles. The highest BCUT2D eigenvalue weighted by Crippen LogP contribution is 2.50. The van der Waals surface area contributed by atoms with Gasteiger partial charge in [-0.3, -0.25) is 4.79 Å². The first kappa shape index (κ1) is 27.0. The fourth-order valence-corrected chi connectivity index (χ4v) is 6.60. The van der Waals surface area contributed by atoms with Gasteiger partial charge in [0.05, 0.1) is 12.6 Å². The molecule has 0 amide bonds. The van der Waals surface area contributed by atoms with E-state index in [-0.39, 0.29) is 36.4 Å². The number of esters is 1. The number of rotatable bonds is 8. The van der Waals surface area contributed by atoms with Crippen molar-refractivity contribution in [3.05, 3.63) is 59.7 Å². The molecule has 200 valence electrons. The van der Waals surface area contributed by atoms with E-state index in [1.807, 2.05) is 24.3 Å². The Morgan fingerprint density at radius 3 is 2.27 bits per heavy atom. The van der Waals surface area contributed by atoms with Gasteiger partial charge in [0.25, 0.3) is 0 Å². The lowest BCUT2D eigenvalue weighted by Gasteiger charge is -2.36. The van der Waals surface area contributed by atoms with Crippen LogP contribution in [0.25, 0.3) is 0 Å². The highest BCUT2D eigenvalue weighted by molar-refractivity contribution is 5.93. The fraction of sp³-hybridized carbons (Fsp3) is 0.548. The van der Waals surface area contributed by atoms with Crippen LogP contribution in [-0.2, 0) is 9.53 Å². The highest BCUT2D eigenvalue weighted by atomic mass is 16.5. The molecule has 0 aromatic heterocycles. The van der Waals surface area contributed by atoms with Crippen molar-refractivity contribution in [2.24, 2.45) is 11.8 Å². The van der Waals surface area contributed by atoms with Crippen LogP contribution < -0.4 is 4.90 Å². The molecule has 2 aromatic rings. The Kier molecular flexibility index (Phi) is 9.48. The average molecular weight is 508 g/mol. The SMILES string of the molecule is CCOC(=O)c1ccc(N2C(c3ccccc3)CC(C3CCCCCCCC3)C2CCC(=O)O)cc1O. The molecule has 2 aliphatic rings. The molecule has 0 bridgehead atoms. The minimum absolute atomic E-state index is 0.0416. The number of aromatic hydroxyl groups is 1. The number of carboxylic acid groups (broad SMARTS) is 1. The quantitative estimate of drug-likeness (QED) is 0.370. The minimum atomic E-state index is -0.781. The van der Waals surface area contributed by atoms with Gasteiger partial charge in [-0.15, -0.1) is 0 Å². The zero-order valence-corrected chi connectivity index (χ0v) is 22.0.